The first-order chi connectivity index (χ1) is 14.1. The fraction of sp³-hybridized carbons (Fsp3) is 0.409. The number of fused-ring (bicyclic) bond motifs is 1. The molecule has 2 aromatic rings. The summed E-state index contributed by atoms with van der Waals surface area (Å²) < 4.78 is 28.6. The standard InChI is InChI=1S/C22H24F2N4S/c1-13-22(29-21(26-13)14-4-3-8-25-11-14)28-9-7-18-15(12-28)10-19(27-18)20-16(23)5-2-6-17(20)24/h2-5,8,10-11,13,17,21-22,26-27H,6-7,9,12H2,1H3. The van der Waals surface area contributed by atoms with E-state index in [0.717, 1.165) is 30.8 Å². The van der Waals surface area contributed by atoms with Crippen molar-refractivity contribution in [3.63, 3.8) is 0 Å². The Morgan fingerprint density at radius 3 is 3.03 bits per heavy atom. The van der Waals surface area contributed by atoms with Gasteiger partial charge in [-0.25, -0.2) is 8.78 Å². The van der Waals surface area contributed by atoms with E-state index in [1.807, 2.05) is 30.1 Å². The zero-order valence-electron chi connectivity index (χ0n) is 16.2. The van der Waals surface area contributed by atoms with Crippen LogP contribution in [0, 0.1) is 0 Å². The second-order valence-electron chi connectivity index (χ2n) is 7.92. The van der Waals surface area contributed by atoms with E-state index < -0.39 is 12.0 Å². The molecule has 0 aromatic carbocycles. The van der Waals surface area contributed by atoms with E-state index in [-0.39, 0.29) is 17.4 Å². The van der Waals surface area contributed by atoms with Gasteiger partial charge in [0.1, 0.15) is 12.0 Å². The summed E-state index contributed by atoms with van der Waals surface area (Å²) in [4.78, 5) is 10.0. The topological polar surface area (TPSA) is 44.0 Å². The third kappa shape index (κ3) is 3.56. The number of aromatic nitrogens is 2. The number of alkyl halides is 1. The lowest BCUT2D eigenvalue weighted by molar-refractivity contribution is 0.214. The van der Waals surface area contributed by atoms with Crippen LogP contribution in [0.5, 0.6) is 0 Å². The Kier molecular flexibility index (Phi) is 5.05. The van der Waals surface area contributed by atoms with E-state index in [0.29, 0.717) is 17.1 Å². The first kappa shape index (κ1) is 19.0. The average Bonchev–Trinajstić information content (AvgIpc) is 3.31. The van der Waals surface area contributed by atoms with Gasteiger partial charge in [0, 0.05) is 61.3 Å². The minimum Gasteiger partial charge on any atom is -0.358 e. The van der Waals surface area contributed by atoms with Gasteiger partial charge in [0.2, 0.25) is 0 Å². The Bertz CT molecular complexity index is 955. The summed E-state index contributed by atoms with van der Waals surface area (Å²) in [5.41, 5.74) is 4.19. The number of thioether (sulfide) groups is 1. The Labute approximate surface area is 173 Å². The molecule has 2 aromatic heterocycles. The molecule has 5 rings (SSSR count). The van der Waals surface area contributed by atoms with E-state index >= 15 is 0 Å². The summed E-state index contributed by atoms with van der Waals surface area (Å²) in [5.74, 6) is -0.470. The van der Waals surface area contributed by atoms with Crippen LogP contribution in [0.25, 0.3) is 5.57 Å². The van der Waals surface area contributed by atoms with Crippen molar-refractivity contribution < 1.29 is 8.78 Å². The molecular formula is C22H24F2N4S. The van der Waals surface area contributed by atoms with E-state index in [4.69, 9.17) is 0 Å². The lowest BCUT2D eigenvalue weighted by Crippen LogP contribution is -2.43. The number of allylic oxidation sites excluding steroid dienone is 4. The average molecular weight is 415 g/mol. The van der Waals surface area contributed by atoms with E-state index in [1.54, 1.807) is 12.3 Å². The number of rotatable bonds is 3. The molecule has 2 N–H and O–H groups in total. The Hall–Kier alpha value is -1.96. The predicted molar refractivity (Wildman–Crippen MR) is 113 cm³/mol. The zero-order valence-corrected chi connectivity index (χ0v) is 17.1. The van der Waals surface area contributed by atoms with Crippen molar-refractivity contribution in [2.75, 3.05) is 6.54 Å². The highest BCUT2D eigenvalue weighted by Gasteiger charge is 2.38. The van der Waals surface area contributed by atoms with Crippen molar-refractivity contribution in [2.24, 2.45) is 0 Å². The first-order valence-electron chi connectivity index (χ1n) is 10.1. The van der Waals surface area contributed by atoms with Crippen molar-refractivity contribution >= 4 is 17.3 Å². The first-order valence-corrected chi connectivity index (χ1v) is 11.0. The highest BCUT2D eigenvalue weighted by molar-refractivity contribution is 8.00. The van der Waals surface area contributed by atoms with Crippen LogP contribution < -0.4 is 5.32 Å². The molecule has 2 aliphatic heterocycles. The Morgan fingerprint density at radius 1 is 1.34 bits per heavy atom. The maximum atomic E-state index is 14.3. The number of pyridine rings is 1. The SMILES string of the molecule is CC1NC(c2cccnc2)SC1N1CCc2[nH]c(C3=C(F)C=CCC3F)cc2C1. The van der Waals surface area contributed by atoms with Crippen LogP contribution in [0.4, 0.5) is 8.78 Å². The van der Waals surface area contributed by atoms with Crippen molar-refractivity contribution in [1.82, 2.24) is 20.2 Å². The number of halogens is 2. The van der Waals surface area contributed by atoms with E-state index in [9.17, 15) is 8.78 Å². The highest BCUT2D eigenvalue weighted by Crippen LogP contribution is 2.41. The van der Waals surface area contributed by atoms with Crippen LogP contribution in [0.2, 0.25) is 0 Å². The summed E-state index contributed by atoms with van der Waals surface area (Å²) >= 11 is 1.91. The van der Waals surface area contributed by atoms with Gasteiger partial charge in [-0.3, -0.25) is 15.2 Å². The number of nitrogens with zero attached hydrogens (tertiary/aromatic N) is 2. The van der Waals surface area contributed by atoms with Crippen LogP contribution in [0.3, 0.4) is 0 Å². The molecule has 3 aliphatic rings. The number of aromatic amines is 1. The van der Waals surface area contributed by atoms with Gasteiger partial charge in [-0.15, -0.1) is 11.8 Å². The molecular weight excluding hydrogens is 390 g/mol. The van der Waals surface area contributed by atoms with Crippen molar-refractivity contribution in [2.45, 2.75) is 49.3 Å². The number of hydrogen-bond acceptors (Lipinski definition) is 4. The zero-order chi connectivity index (χ0) is 20.0. The van der Waals surface area contributed by atoms with Gasteiger partial charge in [0.25, 0.3) is 0 Å². The quantitative estimate of drug-likeness (QED) is 0.776. The van der Waals surface area contributed by atoms with E-state index in [2.05, 4.69) is 33.2 Å². The molecule has 1 aliphatic carbocycles. The molecule has 4 nitrogen and oxygen atoms in total. The van der Waals surface area contributed by atoms with Gasteiger partial charge in [0.15, 0.2) is 0 Å². The van der Waals surface area contributed by atoms with Gasteiger partial charge in [-0.1, -0.05) is 12.1 Å². The van der Waals surface area contributed by atoms with Crippen LogP contribution >= 0.6 is 11.8 Å². The minimum absolute atomic E-state index is 0.162. The second-order valence-corrected chi connectivity index (χ2v) is 9.15. The van der Waals surface area contributed by atoms with Crippen LogP contribution in [-0.4, -0.2) is 39.0 Å². The Morgan fingerprint density at radius 2 is 2.24 bits per heavy atom. The van der Waals surface area contributed by atoms with Gasteiger partial charge >= 0.3 is 0 Å². The summed E-state index contributed by atoms with van der Waals surface area (Å²) in [5, 5.41) is 4.24. The molecule has 4 heterocycles. The third-order valence-corrected chi connectivity index (χ3v) is 7.61. The van der Waals surface area contributed by atoms with Gasteiger partial charge < -0.3 is 4.98 Å². The number of nitrogens with one attached hydrogen (secondary N) is 2. The smallest absolute Gasteiger partial charge is 0.133 e. The Balaban J connectivity index is 1.34. The summed E-state index contributed by atoms with van der Waals surface area (Å²) in [7, 11) is 0. The van der Waals surface area contributed by atoms with Crippen molar-refractivity contribution in [1.29, 1.82) is 0 Å². The van der Waals surface area contributed by atoms with Crippen molar-refractivity contribution in [3.05, 3.63) is 71.1 Å². The normalized spacial score (nSPS) is 30.0. The van der Waals surface area contributed by atoms with Crippen molar-refractivity contribution in [3.8, 4) is 0 Å². The largest absolute Gasteiger partial charge is 0.358 e. The van der Waals surface area contributed by atoms with E-state index in [1.165, 1.54) is 11.6 Å². The molecule has 0 amide bonds. The lowest BCUT2D eigenvalue weighted by atomic mass is 9.98. The molecule has 29 heavy (non-hydrogen) atoms. The molecule has 1 saturated heterocycles. The second kappa shape index (κ2) is 7.70. The molecule has 1 fully saturated rings. The van der Waals surface area contributed by atoms with Gasteiger partial charge in [0.05, 0.1) is 10.7 Å². The number of H-pyrrole nitrogens is 1. The summed E-state index contributed by atoms with van der Waals surface area (Å²) in [6.45, 7) is 3.93. The summed E-state index contributed by atoms with van der Waals surface area (Å²) in [6.07, 6.45) is 6.44. The number of hydrogen-bond donors (Lipinski definition) is 2. The highest BCUT2D eigenvalue weighted by atomic mass is 32.2. The monoisotopic (exact) mass is 414 g/mol. The summed E-state index contributed by atoms with van der Waals surface area (Å²) in [6, 6.07) is 6.35. The van der Waals surface area contributed by atoms with Gasteiger partial charge in [-0.2, -0.15) is 0 Å². The molecule has 0 saturated carbocycles. The molecule has 0 spiro atoms. The fourth-order valence-corrected chi connectivity index (χ4v) is 6.03. The maximum Gasteiger partial charge on any atom is 0.133 e. The molecule has 0 radical (unpaired) electrons. The molecule has 4 unspecified atom stereocenters. The van der Waals surface area contributed by atoms with Crippen LogP contribution in [0.1, 0.15) is 41.2 Å². The van der Waals surface area contributed by atoms with Crippen LogP contribution in [0.15, 0.2) is 48.6 Å². The molecule has 0 bridgehead atoms. The van der Waals surface area contributed by atoms with Crippen LogP contribution in [-0.2, 0) is 13.0 Å². The fourth-order valence-electron chi connectivity index (χ4n) is 4.49. The molecule has 7 heteroatoms. The molecule has 152 valence electrons. The predicted octanol–water partition coefficient (Wildman–Crippen LogP) is 4.50. The lowest BCUT2D eigenvalue weighted by Gasteiger charge is -2.33. The third-order valence-electron chi connectivity index (χ3n) is 5.95. The minimum atomic E-state index is -1.29. The maximum absolute atomic E-state index is 14.3. The van der Waals surface area contributed by atoms with Gasteiger partial charge in [-0.05, 0) is 36.3 Å². The molecule has 4 atom stereocenters.